The van der Waals surface area contributed by atoms with E-state index >= 15 is 0 Å². The molecular weight excluding hydrogens is 337 g/mol. The quantitative estimate of drug-likeness (QED) is 0.144. The van der Waals surface area contributed by atoms with Crippen molar-refractivity contribution in [2.45, 2.75) is 6.61 Å². The molecule has 0 aliphatic rings. The minimum atomic E-state index is -0.427. The van der Waals surface area contributed by atoms with E-state index in [1.165, 1.54) is 6.07 Å². The number of hydrogen-bond donors (Lipinski definition) is 0. The van der Waals surface area contributed by atoms with E-state index in [4.69, 9.17) is 9.47 Å². The molecule has 0 saturated heterocycles. The number of para-hydroxylation sites is 1. The smallest absolute Gasteiger partial charge is 0.274 e. The van der Waals surface area contributed by atoms with Gasteiger partial charge in [-0.15, -0.1) is 0 Å². The standard InChI is InChI=1S/C11H12INO4/c1-9(6-12)17-8-16-7-10-4-2-3-5-11(10)13(14)15/h2-5H,1,6-8H2. The molecular formula is C11H12INO4. The lowest BCUT2D eigenvalue weighted by atomic mass is 10.2. The first-order chi connectivity index (χ1) is 8.15. The summed E-state index contributed by atoms with van der Waals surface area (Å²) in [4.78, 5) is 10.3. The molecule has 0 heterocycles. The maximum absolute atomic E-state index is 10.7. The SMILES string of the molecule is C=C(CI)OCOCc1ccccc1[N+](=O)[O-]. The van der Waals surface area contributed by atoms with Crippen molar-refractivity contribution >= 4 is 28.3 Å². The van der Waals surface area contributed by atoms with Crippen LogP contribution in [0.2, 0.25) is 0 Å². The molecule has 0 radical (unpaired) electrons. The van der Waals surface area contributed by atoms with Gasteiger partial charge >= 0.3 is 0 Å². The van der Waals surface area contributed by atoms with Crippen LogP contribution in [0.15, 0.2) is 36.6 Å². The molecule has 92 valence electrons. The number of nitro benzene ring substituents is 1. The number of rotatable bonds is 7. The zero-order valence-corrected chi connectivity index (χ0v) is 11.3. The van der Waals surface area contributed by atoms with Gasteiger partial charge in [-0.25, -0.2) is 0 Å². The Morgan fingerprint density at radius 2 is 2.18 bits per heavy atom. The molecule has 5 nitrogen and oxygen atoms in total. The van der Waals surface area contributed by atoms with Crippen LogP contribution >= 0.6 is 22.6 Å². The first-order valence-corrected chi connectivity index (χ1v) is 6.34. The van der Waals surface area contributed by atoms with Crippen molar-refractivity contribution < 1.29 is 14.4 Å². The van der Waals surface area contributed by atoms with Crippen LogP contribution in [0.25, 0.3) is 0 Å². The van der Waals surface area contributed by atoms with Crippen LogP contribution in [0.3, 0.4) is 0 Å². The second kappa shape index (κ2) is 7.23. The molecule has 1 aromatic carbocycles. The van der Waals surface area contributed by atoms with Crippen LogP contribution in [0.5, 0.6) is 0 Å². The van der Waals surface area contributed by atoms with Crippen molar-refractivity contribution in [2.24, 2.45) is 0 Å². The number of nitrogens with zero attached hydrogens (tertiary/aromatic N) is 1. The van der Waals surface area contributed by atoms with Crippen molar-refractivity contribution in [1.29, 1.82) is 0 Å². The summed E-state index contributed by atoms with van der Waals surface area (Å²) in [6.45, 7) is 3.84. The Morgan fingerprint density at radius 1 is 1.47 bits per heavy atom. The molecule has 1 rings (SSSR count). The fourth-order valence-corrected chi connectivity index (χ4v) is 1.35. The average molecular weight is 349 g/mol. The molecule has 0 saturated carbocycles. The monoisotopic (exact) mass is 349 g/mol. The average Bonchev–Trinajstić information content (AvgIpc) is 2.34. The molecule has 17 heavy (non-hydrogen) atoms. The van der Waals surface area contributed by atoms with Gasteiger partial charge in [-0.05, 0) is 6.07 Å². The molecule has 0 aliphatic heterocycles. The first kappa shape index (κ1) is 13.9. The highest BCUT2D eigenvalue weighted by Crippen LogP contribution is 2.18. The summed E-state index contributed by atoms with van der Waals surface area (Å²) in [7, 11) is 0. The first-order valence-electron chi connectivity index (χ1n) is 4.81. The fraction of sp³-hybridized carbons (Fsp3) is 0.273. The molecule has 0 fully saturated rings. The third-order valence-electron chi connectivity index (χ3n) is 1.94. The Bertz CT molecular complexity index is 408. The third-order valence-corrected chi connectivity index (χ3v) is 2.79. The summed E-state index contributed by atoms with van der Waals surface area (Å²) in [5, 5.41) is 10.7. The van der Waals surface area contributed by atoms with Crippen LogP contribution < -0.4 is 0 Å². The van der Waals surface area contributed by atoms with Gasteiger partial charge in [-0.3, -0.25) is 10.1 Å². The van der Waals surface area contributed by atoms with Crippen molar-refractivity contribution in [2.75, 3.05) is 11.2 Å². The lowest BCUT2D eigenvalue weighted by molar-refractivity contribution is -0.386. The molecule has 1 aromatic rings. The van der Waals surface area contributed by atoms with Crippen LogP contribution in [0, 0.1) is 10.1 Å². The topological polar surface area (TPSA) is 61.6 Å². The summed E-state index contributed by atoms with van der Waals surface area (Å²) < 4.78 is 11.0. The van der Waals surface area contributed by atoms with Gasteiger partial charge in [0.1, 0.15) is 5.76 Å². The zero-order chi connectivity index (χ0) is 12.7. The summed E-state index contributed by atoms with van der Waals surface area (Å²) in [6, 6.07) is 6.46. The Balaban J connectivity index is 2.46. The van der Waals surface area contributed by atoms with Gasteiger partial charge in [-0.1, -0.05) is 41.3 Å². The largest absolute Gasteiger partial charge is 0.472 e. The number of alkyl halides is 1. The van der Waals surface area contributed by atoms with Gasteiger partial charge in [0.05, 0.1) is 21.5 Å². The molecule has 0 spiro atoms. The molecule has 0 amide bonds. The van der Waals surface area contributed by atoms with Crippen LogP contribution in [-0.4, -0.2) is 16.1 Å². The van der Waals surface area contributed by atoms with Gasteiger partial charge in [0.15, 0.2) is 6.79 Å². The van der Waals surface area contributed by atoms with E-state index in [0.29, 0.717) is 15.8 Å². The third kappa shape index (κ3) is 4.70. The highest BCUT2D eigenvalue weighted by molar-refractivity contribution is 14.1. The highest BCUT2D eigenvalue weighted by atomic mass is 127. The van der Waals surface area contributed by atoms with Crippen LogP contribution in [0.4, 0.5) is 5.69 Å². The number of allylic oxidation sites excluding steroid dienone is 1. The predicted octanol–water partition coefficient (Wildman–Crippen LogP) is 3.03. The van der Waals surface area contributed by atoms with E-state index in [-0.39, 0.29) is 19.1 Å². The molecule has 0 atom stereocenters. The van der Waals surface area contributed by atoms with Gasteiger partial charge in [0.2, 0.25) is 0 Å². The van der Waals surface area contributed by atoms with E-state index in [0.717, 1.165) is 0 Å². The summed E-state index contributed by atoms with van der Waals surface area (Å²) >= 11 is 2.12. The van der Waals surface area contributed by atoms with Crippen molar-refractivity contribution in [3.05, 3.63) is 52.3 Å². The van der Waals surface area contributed by atoms with Gasteiger partial charge in [0, 0.05) is 6.07 Å². The minimum absolute atomic E-state index is 0.0495. The van der Waals surface area contributed by atoms with Gasteiger partial charge < -0.3 is 9.47 Å². The predicted molar refractivity (Wildman–Crippen MR) is 71.9 cm³/mol. The molecule has 0 unspecified atom stereocenters. The van der Waals surface area contributed by atoms with Gasteiger partial charge in [0.25, 0.3) is 5.69 Å². The van der Waals surface area contributed by atoms with Crippen LogP contribution in [0.1, 0.15) is 5.56 Å². The van der Waals surface area contributed by atoms with Gasteiger partial charge in [-0.2, -0.15) is 0 Å². The van der Waals surface area contributed by atoms with E-state index in [9.17, 15) is 10.1 Å². The Labute approximate surface area is 113 Å². The van der Waals surface area contributed by atoms with E-state index in [2.05, 4.69) is 29.2 Å². The van der Waals surface area contributed by atoms with Crippen molar-refractivity contribution in [3.8, 4) is 0 Å². The molecule has 0 N–H and O–H groups in total. The normalized spacial score (nSPS) is 9.94. The molecule has 0 bridgehead atoms. The van der Waals surface area contributed by atoms with E-state index < -0.39 is 4.92 Å². The second-order valence-corrected chi connectivity index (χ2v) is 3.93. The molecule has 6 heteroatoms. The van der Waals surface area contributed by atoms with Crippen LogP contribution in [-0.2, 0) is 16.1 Å². The number of nitro groups is 1. The number of halogens is 1. The number of ether oxygens (including phenoxy) is 2. The summed E-state index contributed by atoms with van der Waals surface area (Å²) in [5.41, 5.74) is 0.585. The van der Waals surface area contributed by atoms with E-state index in [1.54, 1.807) is 18.2 Å². The fourth-order valence-electron chi connectivity index (χ4n) is 1.13. The van der Waals surface area contributed by atoms with Crippen molar-refractivity contribution in [1.82, 2.24) is 0 Å². The minimum Gasteiger partial charge on any atom is -0.472 e. The van der Waals surface area contributed by atoms with E-state index in [1.807, 2.05) is 0 Å². The Hall–Kier alpha value is -1.15. The zero-order valence-electron chi connectivity index (χ0n) is 9.10. The lowest BCUT2D eigenvalue weighted by Gasteiger charge is -2.07. The lowest BCUT2D eigenvalue weighted by Crippen LogP contribution is -2.02. The molecule has 0 aliphatic carbocycles. The second-order valence-electron chi connectivity index (χ2n) is 3.17. The maximum atomic E-state index is 10.7. The highest BCUT2D eigenvalue weighted by Gasteiger charge is 2.11. The Kier molecular flexibility index (Phi) is 5.92. The summed E-state index contributed by atoms with van der Waals surface area (Å²) in [5.74, 6) is 0.619. The maximum Gasteiger partial charge on any atom is 0.274 e. The van der Waals surface area contributed by atoms with Crippen molar-refractivity contribution in [3.63, 3.8) is 0 Å². The molecule has 0 aromatic heterocycles. The number of benzene rings is 1. The Morgan fingerprint density at radius 3 is 2.82 bits per heavy atom. The number of hydrogen-bond acceptors (Lipinski definition) is 4. The summed E-state index contributed by atoms with van der Waals surface area (Å²) in [6.07, 6.45) is 0.